The second-order valence-corrected chi connectivity index (χ2v) is 13.8. The van der Waals surface area contributed by atoms with Gasteiger partial charge in [0.05, 0.1) is 36.7 Å². The highest BCUT2D eigenvalue weighted by atomic mass is 127. The van der Waals surface area contributed by atoms with E-state index in [0.29, 0.717) is 16.6 Å². The summed E-state index contributed by atoms with van der Waals surface area (Å²) < 4.78 is 25.8. The van der Waals surface area contributed by atoms with Gasteiger partial charge in [0.1, 0.15) is 29.3 Å². The number of nitrogens with one attached hydrogen (secondary N) is 1. The molecular weight excluding hydrogens is 669 g/mol. The largest absolute Gasteiger partial charge is 1.00 e. The SMILES string of the molecule is CC(C)(C)OC(=O)NC1C(=O)N2C(C(=O)OC(c3ccccc3)c3ccccc3)=C(C[N+]3(C)CCCC3)CS(=O)[C@H]12.[I-]. The highest BCUT2D eigenvalue weighted by Gasteiger charge is 2.58. The van der Waals surface area contributed by atoms with E-state index in [-0.39, 0.29) is 35.4 Å². The first kappa shape index (κ1) is 32.2. The zero-order valence-corrected chi connectivity index (χ0v) is 27.4. The van der Waals surface area contributed by atoms with E-state index in [1.165, 1.54) is 4.90 Å². The summed E-state index contributed by atoms with van der Waals surface area (Å²) >= 11 is 0. The Hall–Kier alpha value is -2.77. The number of carbonyl (C=O) groups excluding carboxylic acids is 3. The number of fused-ring (bicyclic) bond motifs is 1. The molecule has 0 aromatic heterocycles. The van der Waals surface area contributed by atoms with Gasteiger partial charge in [-0.05, 0) is 31.9 Å². The van der Waals surface area contributed by atoms with Gasteiger partial charge in [-0.2, -0.15) is 0 Å². The standard InChI is InChI=1S/C31H37N3O6S.HI/c1-31(2,3)40-30(37)32-24-27(35)33-25(23(20-41(38)28(24)33)19-34(4)17-11-12-18-34)29(36)39-26(21-13-7-5-8-14-21)22-15-9-6-10-16-22;/h5-10,13-16,24,26,28H,11-12,17-20H2,1-4H3;1H/t24?,28-,41?;/m1./s1. The molecule has 42 heavy (non-hydrogen) atoms. The number of ether oxygens (including phenoxy) is 2. The van der Waals surface area contributed by atoms with Gasteiger partial charge in [0, 0.05) is 18.4 Å². The number of β-lactam (4-membered cyclic amide) rings is 1. The normalized spacial score (nSPS) is 23.0. The number of nitrogens with zero attached hydrogens (tertiary/aromatic N) is 2. The Morgan fingerprint density at radius 1 is 1.02 bits per heavy atom. The maximum Gasteiger partial charge on any atom is 0.408 e. The lowest BCUT2D eigenvalue weighted by atomic mass is 10.0. The first-order valence-electron chi connectivity index (χ1n) is 14.0. The number of esters is 1. The van der Waals surface area contributed by atoms with Crippen molar-refractivity contribution in [3.63, 3.8) is 0 Å². The van der Waals surface area contributed by atoms with Gasteiger partial charge in [-0.3, -0.25) is 13.9 Å². The van der Waals surface area contributed by atoms with E-state index in [0.717, 1.165) is 37.1 Å². The minimum Gasteiger partial charge on any atom is -1.00 e. The van der Waals surface area contributed by atoms with Gasteiger partial charge < -0.3 is 43.3 Å². The third-order valence-electron chi connectivity index (χ3n) is 7.72. The molecule has 0 spiro atoms. The van der Waals surface area contributed by atoms with Crippen molar-refractivity contribution in [2.45, 2.75) is 56.7 Å². The second kappa shape index (κ2) is 12.8. The molecule has 0 aliphatic carbocycles. The van der Waals surface area contributed by atoms with Crippen LogP contribution in [0.25, 0.3) is 0 Å². The number of benzene rings is 2. The number of carbonyl (C=O) groups is 3. The number of likely N-dealkylation sites (tertiary alicyclic amines) is 1. The van der Waals surface area contributed by atoms with Crippen LogP contribution in [0.3, 0.4) is 0 Å². The van der Waals surface area contributed by atoms with E-state index in [1.807, 2.05) is 60.7 Å². The van der Waals surface area contributed by atoms with E-state index in [9.17, 15) is 18.6 Å². The summed E-state index contributed by atoms with van der Waals surface area (Å²) in [5.41, 5.74) is 1.62. The summed E-state index contributed by atoms with van der Waals surface area (Å²) in [4.78, 5) is 41.4. The third-order valence-corrected chi connectivity index (χ3v) is 9.37. The van der Waals surface area contributed by atoms with E-state index in [1.54, 1.807) is 20.8 Å². The minimum atomic E-state index is -1.53. The Balaban J connectivity index is 0.00000405. The summed E-state index contributed by atoms with van der Waals surface area (Å²) in [6, 6.07) is 17.8. The fraction of sp³-hybridized carbons (Fsp3) is 0.452. The van der Waals surface area contributed by atoms with E-state index < -0.39 is 51.9 Å². The maximum absolute atomic E-state index is 14.1. The Morgan fingerprint density at radius 2 is 1.57 bits per heavy atom. The number of rotatable bonds is 7. The lowest BCUT2D eigenvalue weighted by Gasteiger charge is -2.49. The molecule has 0 saturated carbocycles. The van der Waals surface area contributed by atoms with Crippen LogP contribution in [-0.4, -0.2) is 81.0 Å². The van der Waals surface area contributed by atoms with E-state index in [4.69, 9.17) is 9.47 Å². The van der Waals surface area contributed by atoms with Crippen molar-refractivity contribution in [3.8, 4) is 0 Å². The van der Waals surface area contributed by atoms with Gasteiger partial charge in [-0.1, -0.05) is 60.7 Å². The smallest absolute Gasteiger partial charge is 0.408 e. The number of halogens is 1. The number of hydrogen-bond acceptors (Lipinski definition) is 6. The summed E-state index contributed by atoms with van der Waals surface area (Å²) in [6.07, 6.45) is 0.677. The molecule has 3 aliphatic heterocycles. The van der Waals surface area contributed by atoms with Gasteiger partial charge >= 0.3 is 12.1 Å². The van der Waals surface area contributed by atoms with E-state index in [2.05, 4.69) is 12.4 Å². The summed E-state index contributed by atoms with van der Waals surface area (Å²) in [5, 5.41) is 1.70. The molecule has 3 heterocycles. The van der Waals surface area contributed by atoms with Crippen molar-refractivity contribution >= 4 is 28.8 Å². The predicted octanol–water partition coefficient (Wildman–Crippen LogP) is 0.642. The quantitative estimate of drug-likeness (QED) is 0.197. The molecule has 0 radical (unpaired) electrons. The first-order valence-corrected chi connectivity index (χ1v) is 15.4. The molecule has 5 rings (SSSR count). The van der Waals surface area contributed by atoms with Gasteiger partial charge in [0.2, 0.25) is 0 Å². The van der Waals surface area contributed by atoms with Crippen LogP contribution in [-0.2, 0) is 29.9 Å². The van der Waals surface area contributed by atoms with Crippen molar-refractivity contribution in [1.29, 1.82) is 0 Å². The number of amides is 2. The van der Waals surface area contributed by atoms with Gasteiger partial charge in [-0.25, -0.2) is 9.59 Å². The van der Waals surface area contributed by atoms with Crippen LogP contribution in [0.5, 0.6) is 0 Å². The van der Waals surface area contributed by atoms with Crippen molar-refractivity contribution in [2.75, 3.05) is 32.4 Å². The van der Waals surface area contributed by atoms with Gasteiger partial charge in [-0.15, -0.1) is 0 Å². The second-order valence-electron chi connectivity index (χ2n) is 12.2. The van der Waals surface area contributed by atoms with Gasteiger partial charge in [0.25, 0.3) is 5.91 Å². The van der Waals surface area contributed by atoms with Crippen molar-refractivity contribution < 1.29 is 56.5 Å². The first-order chi connectivity index (χ1) is 19.5. The molecule has 3 aliphatic rings. The summed E-state index contributed by atoms with van der Waals surface area (Å²) in [5.74, 6) is -1.02. The number of likely N-dealkylation sites (N-methyl/N-ethyl adjacent to an activating group) is 1. The molecule has 2 saturated heterocycles. The molecule has 0 bridgehead atoms. The molecule has 2 aromatic rings. The molecule has 11 heteroatoms. The molecule has 2 fully saturated rings. The minimum absolute atomic E-state index is 0. The van der Waals surface area contributed by atoms with Crippen LogP contribution in [0.1, 0.15) is 50.8 Å². The highest BCUT2D eigenvalue weighted by molar-refractivity contribution is 7.86. The molecule has 3 atom stereocenters. The van der Waals surface area contributed by atoms with Crippen LogP contribution in [0.4, 0.5) is 4.79 Å². The van der Waals surface area contributed by atoms with Crippen LogP contribution in [0, 0.1) is 0 Å². The maximum atomic E-state index is 14.1. The zero-order valence-electron chi connectivity index (χ0n) is 24.4. The zero-order chi connectivity index (χ0) is 29.4. The van der Waals surface area contributed by atoms with Gasteiger partial charge in [0.15, 0.2) is 6.10 Å². The Kier molecular flexibility index (Phi) is 9.83. The molecule has 2 aromatic carbocycles. The average Bonchev–Trinajstić information content (AvgIpc) is 3.35. The lowest BCUT2D eigenvalue weighted by Crippen LogP contribution is -3.00. The molecule has 2 amide bonds. The molecule has 9 nitrogen and oxygen atoms in total. The topological polar surface area (TPSA) is 102 Å². The van der Waals surface area contributed by atoms with Crippen molar-refractivity contribution in [3.05, 3.63) is 83.1 Å². The summed E-state index contributed by atoms with van der Waals surface area (Å²) in [7, 11) is 0.595. The van der Waals surface area contributed by atoms with Crippen molar-refractivity contribution in [1.82, 2.24) is 10.2 Å². The summed E-state index contributed by atoms with van der Waals surface area (Å²) in [6.45, 7) is 7.55. The Bertz CT molecular complexity index is 1330. The van der Waals surface area contributed by atoms with Crippen LogP contribution >= 0.6 is 0 Å². The molecule has 1 N–H and O–H groups in total. The highest BCUT2D eigenvalue weighted by Crippen LogP contribution is 2.38. The van der Waals surface area contributed by atoms with Crippen LogP contribution < -0.4 is 29.3 Å². The molecule has 226 valence electrons. The van der Waals surface area contributed by atoms with E-state index >= 15 is 0 Å². The molecule has 2 unspecified atom stereocenters. The van der Waals surface area contributed by atoms with Crippen molar-refractivity contribution in [2.24, 2.45) is 0 Å². The molecular formula is C31H38IN3O6S. The van der Waals surface area contributed by atoms with Crippen LogP contribution in [0.15, 0.2) is 71.9 Å². The average molecular weight is 708 g/mol. The fourth-order valence-corrected chi connectivity index (χ4v) is 7.54. The predicted molar refractivity (Wildman–Crippen MR) is 155 cm³/mol. The fourth-order valence-electron chi connectivity index (χ4n) is 5.86. The third kappa shape index (κ3) is 6.89. The van der Waals surface area contributed by atoms with Crippen LogP contribution in [0.2, 0.25) is 0 Å². The lowest BCUT2D eigenvalue weighted by molar-refractivity contribution is -0.893. The number of alkyl carbamates (subject to hydrolysis) is 1. The number of hydrogen-bond donors (Lipinski definition) is 1. The Morgan fingerprint density at radius 3 is 2.10 bits per heavy atom. The monoisotopic (exact) mass is 707 g/mol. The number of quaternary nitrogens is 1. The Labute approximate surface area is 266 Å².